The van der Waals surface area contributed by atoms with Gasteiger partial charge in [0.1, 0.15) is 0 Å². The van der Waals surface area contributed by atoms with Crippen LogP contribution in [0.1, 0.15) is 45.0 Å². The lowest BCUT2D eigenvalue weighted by Gasteiger charge is -2.31. The van der Waals surface area contributed by atoms with Crippen LogP contribution in [0.4, 0.5) is 5.95 Å². The first-order valence-corrected chi connectivity index (χ1v) is 9.32. The van der Waals surface area contributed by atoms with Gasteiger partial charge in [-0.15, -0.1) is 0 Å². The molecule has 0 radical (unpaired) electrons. The van der Waals surface area contributed by atoms with Gasteiger partial charge in [0.05, 0.1) is 17.2 Å². The topological polar surface area (TPSA) is 129 Å². The van der Waals surface area contributed by atoms with Crippen LogP contribution in [-0.2, 0) is 5.41 Å². The first kappa shape index (κ1) is 20.2. The molecule has 1 aromatic carbocycles. The summed E-state index contributed by atoms with van der Waals surface area (Å²) in [5.41, 5.74) is 8.78. The van der Waals surface area contributed by atoms with Crippen LogP contribution in [0.3, 0.4) is 0 Å². The van der Waals surface area contributed by atoms with Gasteiger partial charge in [-0.1, -0.05) is 49.3 Å². The number of allylic oxidation sites excluding steroid dienone is 2. The van der Waals surface area contributed by atoms with Crippen molar-refractivity contribution in [3.63, 3.8) is 0 Å². The molecule has 1 unspecified atom stereocenters. The molecule has 0 amide bonds. The van der Waals surface area contributed by atoms with Crippen LogP contribution < -0.4 is 11.6 Å². The molecular weight excluding hydrogens is 366 g/mol. The highest BCUT2D eigenvalue weighted by Gasteiger charge is 2.37. The van der Waals surface area contributed by atoms with E-state index in [2.05, 4.69) is 58.1 Å². The quantitative estimate of drug-likeness (QED) is 0.374. The number of hydrogen-bond donors (Lipinski definition) is 2. The molecule has 3 aromatic rings. The Bertz CT molecular complexity index is 1020. The minimum Gasteiger partial charge on any atom is -0.368 e. The van der Waals surface area contributed by atoms with Crippen molar-refractivity contribution in [2.45, 2.75) is 33.1 Å². The van der Waals surface area contributed by atoms with Gasteiger partial charge in [-0.3, -0.25) is 0 Å². The highest BCUT2D eigenvalue weighted by molar-refractivity contribution is 6.07. The molecule has 3 rings (SSSR count). The Labute approximate surface area is 169 Å². The summed E-state index contributed by atoms with van der Waals surface area (Å²) in [7, 11) is 0. The summed E-state index contributed by atoms with van der Waals surface area (Å²) in [6.07, 6.45) is 6.74. The highest BCUT2D eigenvalue weighted by atomic mass is 16.5. The Morgan fingerprint density at radius 3 is 2.34 bits per heavy atom. The highest BCUT2D eigenvalue weighted by Crippen LogP contribution is 2.38. The molecule has 8 nitrogen and oxygen atoms in total. The van der Waals surface area contributed by atoms with Crippen molar-refractivity contribution in [3.8, 4) is 11.1 Å². The zero-order chi connectivity index (χ0) is 21.0. The van der Waals surface area contributed by atoms with Gasteiger partial charge in [0.25, 0.3) is 5.89 Å². The van der Waals surface area contributed by atoms with Crippen LogP contribution in [0.2, 0.25) is 0 Å². The van der Waals surface area contributed by atoms with Crippen molar-refractivity contribution in [1.82, 2.24) is 20.1 Å². The molecule has 2 heterocycles. The van der Waals surface area contributed by atoms with Crippen LogP contribution in [0, 0.1) is 5.92 Å². The minimum atomic E-state index is -0.448. The average Bonchev–Trinajstić information content (AvgIpc) is 3.22. The van der Waals surface area contributed by atoms with Gasteiger partial charge in [0.15, 0.2) is 5.82 Å². The predicted octanol–water partition coefficient (Wildman–Crippen LogP) is 3.42. The molecular formula is C21H25N7O. The standard InChI is InChI=1S/C21H25N7O/c1-5-14(12-26-23)18-27-19(28-29-18)21(4,13(2)3)17-8-6-15(7-9-17)16-10-24-20(22)25-11-16/h5-13H,23H2,1-4H3,(H2,22,24,25)/b14-5+,26-12-. The Morgan fingerprint density at radius 1 is 1.14 bits per heavy atom. The summed E-state index contributed by atoms with van der Waals surface area (Å²) in [5.74, 6) is 6.74. The van der Waals surface area contributed by atoms with Crippen LogP contribution in [0.15, 0.2) is 52.4 Å². The van der Waals surface area contributed by atoms with Gasteiger partial charge in [-0.25, -0.2) is 9.97 Å². The van der Waals surface area contributed by atoms with E-state index in [0.717, 1.165) is 16.7 Å². The SMILES string of the molecule is C/C=C(\C=N/N)c1nc(C(C)(c2ccc(-c3cnc(N)nc3)cc2)C(C)C)no1. The number of nitrogens with zero attached hydrogens (tertiary/aromatic N) is 5. The maximum Gasteiger partial charge on any atom is 0.259 e. The Hall–Kier alpha value is -3.55. The number of nitrogen functional groups attached to an aromatic ring is 1. The van der Waals surface area contributed by atoms with Crippen molar-refractivity contribution in [3.05, 3.63) is 60.0 Å². The summed E-state index contributed by atoms with van der Waals surface area (Å²) < 4.78 is 5.49. The van der Waals surface area contributed by atoms with Gasteiger partial charge in [0, 0.05) is 18.0 Å². The zero-order valence-electron chi connectivity index (χ0n) is 17.0. The monoisotopic (exact) mass is 391 g/mol. The molecule has 8 heteroatoms. The lowest BCUT2D eigenvalue weighted by Crippen LogP contribution is -2.31. The normalized spacial score (nSPS) is 14.4. The Balaban J connectivity index is 1.99. The third-order valence-corrected chi connectivity index (χ3v) is 5.31. The van der Waals surface area contributed by atoms with E-state index in [1.165, 1.54) is 6.21 Å². The number of hydrazone groups is 1. The first-order chi connectivity index (χ1) is 13.9. The summed E-state index contributed by atoms with van der Waals surface area (Å²) in [4.78, 5) is 12.7. The van der Waals surface area contributed by atoms with E-state index in [1.54, 1.807) is 12.4 Å². The van der Waals surface area contributed by atoms with Crippen molar-refractivity contribution in [2.24, 2.45) is 16.9 Å². The minimum absolute atomic E-state index is 0.218. The van der Waals surface area contributed by atoms with Gasteiger partial charge < -0.3 is 16.1 Å². The summed E-state index contributed by atoms with van der Waals surface area (Å²) in [6.45, 7) is 8.24. The number of aromatic nitrogens is 4. The molecule has 1 atom stereocenters. The first-order valence-electron chi connectivity index (χ1n) is 9.32. The molecule has 0 aliphatic heterocycles. The molecule has 0 fully saturated rings. The molecule has 0 aliphatic rings. The van der Waals surface area contributed by atoms with E-state index >= 15 is 0 Å². The van der Waals surface area contributed by atoms with Crippen LogP contribution in [-0.4, -0.2) is 26.3 Å². The molecule has 2 aromatic heterocycles. The molecule has 0 saturated carbocycles. The second kappa shape index (κ2) is 8.22. The third-order valence-electron chi connectivity index (χ3n) is 5.31. The summed E-state index contributed by atoms with van der Waals surface area (Å²) in [5, 5.41) is 7.82. The number of rotatable bonds is 6. The number of benzene rings is 1. The molecule has 0 aliphatic carbocycles. The largest absolute Gasteiger partial charge is 0.368 e. The fourth-order valence-corrected chi connectivity index (χ4v) is 3.10. The van der Waals surface area contributed by atoms with E-state index in [0.29, 0.717) is 17.3 Å². The molecule has 0 saturated heterocycles. The molecule has 0 bridgehead atoms. The summed E-state index contributed by atoms with van der Waals surface area (Å²) in [6, 6.07) is 8.20. The second-order valence-corrected chi connectivity index (χ2v) is 7.21. The van der Waals surface area contributed by atoms with Gasteiger partial charge in [-0.2, -0.15) is 10.1 Å². The van der Waals surface area contributed by atoms with Crippen molar-refractivity contribution in [2.75, 3.05) is 5.73 Å². The average molecular weight is 391 g/mol. The van der Waals surface area contributed by atoms with Crippen LogP contribution in [0.5, 0.6) is 0 Å². The van der Waals surface area contributed by atoms with E-state index < -0.39 is 5.41 Å². The summed E-state index contributed by atoms with van der Waals surface area (Å²) >= 11 is 0. The lowest BCUT2D eigenvalue weighted by atomic mass is 9.72. The zero-order valence-corrected chi connectivity index (χ0v) is 17.0. The smallest absolute Gasteiger partial charge is 0.259 e. The fourth-order valence-electron chi connectivity index (χ4n) is 3.10. The van der Waals surface area contributed by atoms with Crippen molar-refractivity contribution < 1.29 is 4.52 Å². The maximum atomic E-state index is 5.57. The molecule has 29 heavy (non-hydrogen) atoms. The van der Waals surface area contributed by atoms with E-state index in [9.17, 15) is 0 Å². The molecule has 150 valence electrons. The van der Waals surface area contributed by atoms with Crippen LogP contribution in [0.25, 0.3) is 16.7 Å². The number of anilines is 1. The van der Waals surface area contributed by atoms with E-state index in [1.807, 2.05) is 25.1 Å². The Morgan fingerprint density at radius 2 is 1.79 bits per heavy atom. The van der Waals surface area contributed by atoms with Gasteiger partial charge in [0.2, 0.25) is 5.95 Å². The second-order valence-electron chi connectivity index (χ2n) is 7.21. The fraction of sp³-hybridized carbons (Fsp3) is 0.286. The van der Waals surface area contributed by atoms with Crippen molar-refractivity contribution in [1.29, 1.82) is 0 Å². The molecule has 4 N–H and O–H groups in total. The van der Waals surface area contributed by atoms with Crippen LogP contribution >= 0.6 is 0 Å². The van der Waals surface area contributed by atoms with E-state index in [-0.39, 0.29) is 11.9 Å². The number of hydrogen-bond acceptors (Lipinski definition) is 8. The lowest BCUT2D eigenvalue weighted by molar-refractivity contribution is 0.345. The predicted molar refractivity (Wildman–Crippen MR) is 114 cm³/mol. The molecule has 0 spiro atoms. The Kier molecular flexibility index (Phi) is 5.72. The third kappa shape index (κ3) is 3.87. The van der Waals surface area contributed by atoms with Crippen molar-refractivity contribution >= 4 is 17.7 Å². The van der Waals surface area contributed by atoms with Gasteiger partial charge >= 0.3 is 0 Å². The van der Waals surface area contributed by atoms with E-state index in [4.69, 9.17) is 16.1 Å². The number of nitrogens with two attached hydrogens (primary N) is 2. The maximum absolute atomic E-state index is 5.57. The van der Waals surface area contributed by atoms with Gasteiger partial charge in [-0.05, 0) is 30.9 Å².